The van der Waals surface area contributed by atoms with Crippen LogP contribution in [-0.4, -0.2) is 26.8 Å². The van der Waals surface area contributed by atoms with Crippen LogP contribution in [0.5, 0.6) is 11.5 Å². The molecule has 0 bridgehead atoms. The van der Waals surface area contributed by atoms with Crippen LogP contribution in [0.3, 0.4) is 0 Å². The van der Waals surface area contributed by atoms with Crippen LogP contribution in [0.2, 0.25) is 0 Å². The Hall–Kier alpha value is -0.810. The topological polar surface area (TPSA) is 30.5 Å². The van der Waals surface area contributed by atoms with Gasteiger partial charge >= 0.3 is 0 Å². The second-order valence-electron chi connectivity index (χ2n) is 3.89. The SMILES string of the molecule is CNCCc1cc2c(c(Br)c1F)OCCCO2. The first-order valence-corrected chi connectivity index (χ1v) is 6.44. The molecule has 3 nitrogen and oxygen atoms in total. The summed E-state index contributed by atoms with van der Waals surface area (Å²) >= 11 is 3.24. The molecule has 1 aromatic carbocycles. The average molecular weight is 304 g/mol. The minimum atomic E-state index is -0.260. The lowest BCUT2D eigenvalue weighted by Gasteiger charge is -2.13. The Morgan fingerprint density at radius 3 is 2.94 bits per heavy atom. The molecule has 0 spiro atoms. The number of fused-ring (bicyclic) bond motifs is 1. The van der Waals surface area contributed by atoms with E-state index in [1.165, 1.54) is 0 Å². The van der Waals surface area contributed by atoms with Gasteiger partial charge in [0.25, 0.3) is 0 Å². The minimum Gasteiger partial charge on any atom is -0.490 e. The monoisotopic (exact) mass is 303 g/mol. The first-order valence-electron chi connectivity index (χ1n) is 5.65. The van der Waals surface area contributed by atoms with E-state index in [-0.39, 0.29) is 5.82 Å². The quantitative estimate of drug-likeness (QED) is 0.931. The van der Waals surface area contributed by atoms with Crippen molar-refractivity contribution in [3.63, 3.8) is 0 Å². The number of likely N-dealkylation sites (N-methyl/N-ethyl adjacent to an activating group) is 1. The van der Waals surface area contributed by atoms with Crippen molar-refractivity contribution in [3.8, 4) is 11.5 Å². The predicted octanol–water partition coefficient (Wildman–Crippen LogP) is 2.51. The molecule has 0 radical (unpaired) electrons. The van der Waals surface area contributed by atoms with E-state index >= 15 is 0 Å². The molecule has 0 aliphatic carbocycles. The summed E-state index contributed by atoms with van der Waals surface area (Å²) in [4.78, 5) is 0. The first-order chi connectivity index (χ1) is 8.24. The van der Waals surface area contributed by atoms with Gasteiger partial charge in [-0.05, 0) is 47.6 Å². The van der Waals surface area contributed by atoms with Crippen molar-refractivity contribution < 1.29 is 13.9 Å². The fourth-order valence-corrected chi connectivity index (χ4v) is 2.30. The molecule has 1 heterocycles. The summed E-state index contributed by atoms with van der Waals surface area (Å²) < 4.78 is 25.5. The van der Waals surface area contributed by atoms with Gasteiger partial charge < -0.3 is 14.8 Å². The van der Waals surface area contributed by atoms with E-state index in [9.17, 15) is 4.39 Å². The van der Waals surface area contributed by atoms with Gasteiger partial charge in [-0.2, -0.15) is 0 Å². The fraction of sp³-hybridized carbons (Fsp3) is 0.500. The second kappa shape index (κ2) is 5.69. The van der Waals surface area contributed by atoms with Crippen molar-refractivity contribution in [3.05, 3.63) is 21.9 Å². The van der Waals surface area contributed by atoms with Crippen molar-refractivity contribution in [2.75, 3.05) is 26.8 Å². The number of halogens is 2. The van der Waals surface area contributed by atoms with Crippen molar-refractivity contribution in [1.82, 2.24) is 5.32 Å². The van der Waals surface area contributed by atoms with Gasteiger partial charge in [0.2, 0.25) is 0 Å². The maximum atomic E-state index is 14.0. The van der Waals surface area contributed by atoms with Gasteiger partial charge in [0, 0.05) is 6.42 Å². The third-order valence-corrected chi connectivity index (χ3v) is 3.35. The molecule has 0 saturated carbocycles. The number of benzene rings is 1. The fourth-order valence-electron chi connectivity index (χ4n) is 1.73. The van der Waals surface area contributed by atoms with E-state index in [1.807, 2.05) is 7.05 Å². The highest BCUT2D eigenvalue weighted by atomic mass is 79.9. The van der Waals surface area contributed by atoms with Gasteiger partial charge in [0.05, 0.1) is 17.7 Å². The van der Waals surface area contributed by atoms with E-state index < -0.39 is 0 Å². The molecule has 1 aliphatic rings. The predicted molar refractivity (Wildman–Crippen MR) is 67.3 cm³/mol. The summed E-state index contributed by atoms with van der Waals surface area (Å²) in [5.74, 6) is 0.847. The van der Waals surface area contributed by atoms with E-state index in [0.29, 0.717) is 41.2 Å². The maximum Gasteiger partial charge on any atom is 0.178 e. The van der Waals surface area contributed by atoms with Crippen LogP contribution >= 0.6 is 15.9 Å². The van der Waals surface area contributed by atoms with E-state index in [1.54, 1.807) is 6.07 Å². The van der Waals surface area contributed by atoms with Crippen molar-refractivity contribution in [2.45, 2.75) is 12.8 Å². The van der Waals surface area contributed by atoms with Crippen LogP contribution < -0.4 is 14.8 Å². The number of hydrogen-bond donors (Lipinski definition) is 1. The largest absolute Gasteiger partial charge is 0.490 e. The summed E-state index contributed by atoms with van der Waals surface area (Å²) in [6.45, 7) is 1.89. The number of rotatable bonds is 3. The summed E-state index contributed by atoms with van der Waals surface area (Å²) in [7, 11) is 1.84. The van der Waals surface area contributed by atoms with Crippen LogP contribution in [0.4, 0.5) is 4.39 Å². The Bertz CT molecular complexity index is 412. The van der Waals surface area contributed by atoms with Gasteiger partial charge in [-0.25, -0.2) is 4.39 Å². The zero-order chi connectivity index (χ0) is 12.3. The third-order valence-electron chi connectivity index (χ3n) is 2.64. The standard InChI is InChI=1S/C12H15BrFNO2/c1-15-4-3-8-7-9-12(10(13)11(8)14)17-6-2-5-16-9/h7,15H,2-6H2,1H3. The zero-order valence-corrected chi connectivity index (χ0v) is 11.3. The summed E-state index contributed by atoms with van der Waals surface area (Å²) in [5.41, 5.74) is 0.635. The average Bonchev–Trinajstić information content (AvgIpc) is 2.57. The second-order valence-corrected chi connectivity index (χ2v) is 4.69. The summed E-state index contributed by atoms with van der Waals surface area (Å²) in [6.07, 6.45) is 1.44. The van der Waals surface area contributed by atoms with Crippen LogP contribution in [0.1, 0.15) is 12.0 Å². The van der Waals surface area contributed by atoms with Gasteiger partial charge in [-0.3, -0.25) is 0 Å². The van der Waals surface area contributed by atoms with Crippen molar-refractivity contribution in [2.24, 2.45) is 0 Å². The smallest absolute Gasteiger partial charge is 0.178 e. The highest BCUT2D eigenvalue weighted by Gasteiger charge is 2.20. The number of hydrogen-bond acceptors (Lipinski definition) is 3. The first kappa shape index (κ1) is 12.6. The molecule has 0 atom stereocenters. The molecular formula is C12H15BrFNO2. The molecule has 0 amide bonds. The Balaban J connectivity index is 2.36. The van der Waals surface area contributed by atoms with E-state index in [2.05, 4.69) is 21.2 Å². The van der Waals surface area contributed by atoms with Gasteiger partial charge in [0.1, 0.15) is 5.82 Å². The van der Waals surface area contributed by atoms with Gasteiger partial charge in [-0.15, -0.1) is 0 Å². The van der Waals surface area contributed by atoms with Crippen LogP contribution in [0.25, 0.3) is 0 Å². The molecule has 2 rings (SSSR count). The minimum absolute atomic E-state index is 0.260. The van der Waals surface area contributed by atoms with Crippen molar-refractivity contribution in [1.29, 1.82) is 0 Å². The lowest BCUT2D eigenvalue weighted by atomic mass is 10.1. The molecule has 0 saturated heterocycles. The molecule has 0 unspecified atom stereocenters. The molecule has 17 heavy (non-hydrogen) atoms. The molecule has 94 valence electrons. The van der Waals surface area contributed by atoms with Gasteiger partial charge in [-0.1, -0.05) is 0 Å². The van der Waals surface area contributed by atoms with Crippen LogP contribution in [-0.2, 0) is 6.42 Å². The Morgan fingerprint density at radius 1 is 1.41 bits per heavy atom. The molecule has 0 fully saturated rings. The number of ether oxygens (including phenoxy) is 2. The molecular weight excluding hydrogens is 289 g/mol. The number of nitrogens with one attached hydrogen (secondary N) is 1. The summed E-state index contributed by atoms with van der Waals surface area (Å²) in [5, 5.41) is 3.00. The molecule has 1 aliphatic heterocycles. The molecule has 5 heteroatoms. The third kappa shape index (κ3) is 2.72. The highest BCUT2D eigenvalue weighted by molar-refractivity contribution is 9.10. The maximum absolute atomic E-state index is 14.0. The lowest BCUT2D eigenvalue weighted by Crippen LogP contribution is -2.11. The Kier molecular flexibility index (Phi) is 4.23. The van der Waals surface area contributed by atoms with Crippen LogP contribution in [0, 0.1) is 5.82 Å². The molecule has 1 N–H and O–H groups in total. The molecule has 1 aromatic rings. The van der Waals surface area contributed by atoms with Crippen LogP contribution in [0.15, 0.2) is 10.5 Å². The Morgan fingerprint density at radius 2 is 2.18 bits per heavy atom. The van der Waals surface area contributed by atoms with Gasteiger partial charge in [0.15, 0.2) is 11.5 Å². The Labute approximate surface area is 108 Å². The zero-order valence-electron chi connectivity index (χ0n) is 9.69. The molecule has 0 aromatic heterocycles. The normalized spacial score (nSPS) is 14.5. The van der Waals surface area contributed by atoms with Crippen molar-refractivity contribution >= 4 is 15.9 Å². The lowest BCUT2D eigenvalue weighted by molar-refractivity contribution is 0.296. The summed E-state index contributed by atoms with van der Waals surface area (Å²) in [6, 6.07) is 1.73. The highest BCUT2D eigenvalue weighted by Crippen LogP contribution is 2.40. The van der Waals surface area contributed by atoms with E-state index in [4.69, 9.17) is 9.47 Å². The van der Waals surface area contributed by atoms with E-state index in [0.717, 1.165) is 13.0 Å².